The highest BCUT2D eigenvalue weighted by Crippen LogP contribution is 2.49. The van der Waals surface area contributed by atoms with Gasteiger partial charge in [-0.1, -0.05) is 30.3 Å². The van der Waals surface area contributed by atoms with Crippen molar-refractivity contribution < 1.29 is 13.2 Å². The molecule has 160 valence electrons. The summed E-state index contributed by atoms with van der Waals surface area (Å²) >= 11 is 0. The van der Waals surface area contributed by atoms with Crippen LogP contribution in [-0.4, -0.2) is 32.6 Å². The number of aryl methyl sites for hydroxylation is 1. The highest BCUT2D eigenvalue weighted by molar-refractivity contribution is 7.90. The van der Waals surface area contributed by atoms with Crippen LogP contribution in [0.5, 0.6) is 0 Å². The number of hydrogen-bond donors (Lipinski definition) is 2. The van der Waals surface area contributed by atoms with Crippen LogP contribution in [0, 0.1) is 6.92 Å². The second-order valence-corrected chi connectivity index (χ2v) is 10.0. The molecule has 2 N–H and O–H groups in total. The van der Waals surface area contributed by atoms with Crippen LogP contribution < -0.4 is 10.6 Å². The monoisotopic (exact) mass is 435 g/mol. The second-order valence-electron chi connectivity index (χ2n) is 8.03. The van der Waals surface area contributed by atoms with E-state index in [4.69, 9.17) is 0 Å². The Morgan fingerprint density at radius 1 is 1.03 bits per heavy atom. The van der Waals surface area contributed by atoms with Crippen molar-refractivity contribution in [2.24, 2.45) is 0 Å². The number of hydrogen-bond acceptors (Lipinski definition) is 5. The van der Waals surface area contributed by atoms with E-state index in [1.165, 1.54) is 6.26 Å². The Kier molecular flexibility index (Phi) is 5.31. The van der Waals surface area contributed by atoms with Crippen molar-refractivity contribution in [2.75, 3.05) is 23.9 Å². The molecule has 1 fully saturated rings. The van der Waals surface area contributed by atoms with Crippen LogP contribution in [-0.2, 0) is 20.0 Å². The Hall–Kier alpha value is -3.19. The van der Waals surface area contributed by atoms with E-state index < -0.39 is 15.3 Å². The molecule has 31 heavy (non-hydrogen) atoms. The van der Waals surface area contributed by atoms with Crippen LogP contribution >= 0.6 is 0 Å². The molecule has 3 aromatic rings. The van der Waals surface area contributed by atoms with Crippen molar-refractivity contribution in [3.63, 3.8) is 0 Å². The van der Waals surface area contributed by atoms with Crippen LogP contribution in [0.2, 0.25) is 0 Å². The number of nitrogens with zero attached hydrogens (tertiary/aromatic N) is 1. The molecule has 0 unspecified atom stereocenters. The van der Waals surface area contributed by atoms with Crippen LogP contribution in [0.25, 0.3) is 11.3 Å². The maximum absolute atomic E-state index is 13.1. The quantitative estimate of drug-likeness (QED) is 0.607. The van der Waals surface area contributed by atoms with E-state index in [-0.39, 0.29) is 10.8 Å². The number of amides is 1. The molecular weight excluding hydrogens is 410 g/mol. The van der Waals surface area contributed by atoms with E-state index in [2.05, 4.69) is 15.6 Å². The molecule has 7 heteroatoms. The van der Waals surface area contributed by atoms with Gasteiger partial charge in [0.2, 0.25) is 5.91 Å². The number of anilines is 2. The van der Waals surface area contributed by atoms with Crippen molar-refractivity contribution in [3.8, 4) is 11.3 Å². The van der Waals surface area contributed by atoms with Crippen LogP contribution in [0.1, 0.15) is 24.0 Å². The van der Waals surface area contributed by atoms with Gasteiger partial charge in [0.1, 0.15) is 5.82 Å². The molecule has 0 spiro atoms. The summed E-state index contributed by atoms with van der Waals surface area (Å²) in [6.07, 6.45) is 2.78. The van der Waals surface area contributed by atoms with E-state index >= 15 is 0 Å². The van der Waals surface area contributed by atoms with E-state index in [9.17, 15) is 13.2 Å². The number of carbonyl (C=O) groups excluding carboxylic acids is 1. The fourth-order valence-corrected chi connectivity index (χ4v) is 4.40. The molecule has 0 atom stereocenters. The third-order valence-electron chi connectivity index (χ3n) is 5.79. The van der Waals surface area contributed by atoms with Crippen molar-refractivity contribution in [2.45, 2.75) is 30.1 Å². The standard InChI is InChI=1S/C24H25N3O3S/c1-16-7-12-21(26-22(16)17-5-4-6-20(15-17)31(3,29)30)27-23(28)24(13-14-24)18-8-10-19(25-2)11-9-18/h4-12,15,25H,13-14H2,1-3H3,(H,26,27,28). The molecule has 0 saturated heterocycles. The first-order valence-electron chi connectivity index (χ1n) is 10.1. The van der Waals surface area contributed by atoms with Gasteiger partial charge in [-0.05, 0) is 61.2 Å². The van der Waals surface area contributed by atoms with E-state index in [1.54, 1.807) is 24.3 Å². The Morgan fingerprint density at radius 2 is 1.74 bits per heavy atom. The molecule has 4 rings (SSSR count). The van der Waals surface area contributed by atoms with Gasteiger partial charge in [0, 0.05) is 24.6 Å². The van der Waals surface area contributed by atoms with Crippen molar-refractivity contribution >= 4 is 27.2 Å². The van der Waals surface area contributed by atoms with Gasteiger partial charge in [-0.15, -0.1) is 0 Å². The normalized spacial score (nSPS) is 14.7. The summed E-state index contributed by atoms with van der Waals surface area (Å²) in [5.41, 5.74) is 3.72. The lowest BCUT2D eigenvalue weighted by Crippen LogP contribution is -2.28. The Balaban J connectivity index is 1.61. The molecule has 1 aliphatic rings. The number of sulfone groups is 1. The first-order chi connectivity index (χ1) is 14.7. The lowest BCUT2D eigenvalue weighted by atomic mass is 9.94. The van der Waals surface area contributed by atoms with Crippen LogP contribution in [0.15, 0.2) is 65.6 Å². The molecule has 0 aliphatic heterocycles. The zero-order valence-electron chi connectivity index (χ0n) is 17.8. The average Bonchev–Trinajstić information content (AvgIpc) is 3.57. The SMILES string of the molecule is CNc1ccc(C2(C(=O)Nc3ccc(C)c(-c4cccc(S(C)(=O)=O)c4)n3)CC2)cc1. The van der Waals surface area contributed by atoms with Gasteiger partial charge in [-0.3, -0.25) is 4.79 Å². The fraction of sp³-hybridized carbons (Fsp3) is 0.250. The van der Waals surface area contributed by atoms with Crippen LogP contribution in [0.4, 0.5) is 11.5 Å². The first kappa shape index (κ1) is 21.1. The minimum absolute atomic E-state index is 0.0723. The first-order valence-corrected chi connectivity index (χ1v) is 12.0. The van der Waals surface area contributed by atoms with Gasteiger partial charge in [0.25, 0.3) is 0 Å². The molecule has 0 bridgehead atoms. The molecule has 0 radical (unpaired) electrons. The Bertz CT molecular complexity index is 1250. The summed E-state index contributed by atoms with van der Waals surface area (Å²) in [7, 11) is -1.46. The summed E-state index contributed by atoms with van der Waals surface area (Å²) in [5.74, 6) is 0.380. The number of pyridine rings is 1. The molecule has 1 saturated carbocycles. The zero-order chi connectivity index (χ0) is 22.2. The summed E-state index contributed by atoms with van der Waals surface area (Å²) in [6.45, 7) is 1.91. The lowest BCUT2D eigenvalue weighted by Gasteiger charge is -2.17. The number of benzene rings is 2. The maximum Gasteiger partial charge on any atom is 0.236 e. The summed E-state index contributed by atoms with van der Waals surface area (Å²) in [6, 6.07) is 18.3. The van der Waals surface area contributed by atoms with Crippen LogP contribution in [0.3, 0.4) is 0 Å². The lowest BCUT2D eigenvalue weighted by molar-refractivity contribution is -0.118. The molecule has 1 aliphatic carbocycles. The van der Waals surface area contributed by atoms with E-state index in [0.717, 1.165) is 29.7 Å². The van der Waals surface area contributed by atoms with Gasteiger partial charge in [-0.25, -0.2) is 13.4 Å². The largest absolute Gasteiger partial charge is 0.388 e. The van der Waals surface area contributed by atoms with Gasteiger partial charge >= 0.3 is 0 Å². The molecule has 2 aromatic carbocycles. The molecule has 1 amide bonds. The minimum Gasteiger partial charge on any atom is -0.388 e. The van der Waals surface area contributed by atoms with Gasteiger partial charge < -0.3 is 10.6 Å². The number of aromatic nitrogens is 1. The van der Waals surface area contributed by atoms with Crippen molar-refractivity contribution in [3.05, 3.63) is 71.8 Å². The highest BCUT2D eigenvalue weighted by Gasteiger charge is 2.51. The minimum atomic E-state index is -3.32. The summed E-state index contributed by atoms with van der Waals surface area (Å²) < 4.78 is 23.8. The van der Waals surface area contributed by atoms with Gasteiger partial charge in [0.15, 0.2) is 9.84 Å². The van der Waals surface area contributed by atoms with E-state index in [0.29, 0.717) is 17.1 Å². The van der Waals surface area contributed by atoms with Crippen molar-refractivity contribution in [1.82, 2.24) is 4.98 Å². The number of rotatable bonds is 6. The smallest absolute Gasteiger partial charge is 0.236 e. The Labute approximate surface area is 182 Å². The highest BCUT2D eigenvalue weighted by atomic mass is 32.2. The zero-order valence-corrected chi connectivity index (χ0v) is 18.6. The third kappa shape index (κ3) is 4.18. The maximum atomic E-state index is 13.1. The third-order valence-corrected chi connectivity index (χ3v) is 6.90. The van der Waals surface area contributed by atoms with E-state index in [1.807, 2.05) is 50.4 Å². The average molecular weight is 436 g/mol. The second kappa shape index (κ2) is 7.81. The predicted molar refractivity (Wildman–Crippen MR) is 123 cm³/mol. The topological polar surface area (TPSA) is 88.2 Å². The summed E-state index contributed by atoms with van der Waals surface area (Å²) in [5, 5.41) is 6.06. The number of nitrogens with one attached hydrogen (secondary N) is 2. The predicted octanol–water partition coefficient (Wildman–Crippen LogP) is 4.17. The summed E-state index contributed by atoms with van der Waals surface area (Å²) in [4.78, 5) is 18.0. The molecule has 1 heterocycles. The molecule has 6 nitrogen and oxygen atoms in total. The Morgan fingerprint density at radius 3 is 2.35 bits per heavy atom. The molecular formula is C24H25N3O3S. The van der Waals surface area contributed by atoms with Gasteiger partial charge in [0.05, 0.1) is 16.0 Å². The van der Waals surface area contributed by atoms with Gasteiger partial charge in [-0.2, -0.15) is 0 Å². The van der Waals surface area contributed by atoms with Crippen molar-refractivity contribution in [1.29, 1.82) is 0 Å². The fourth-order valence-electron chi connectivity index (χ4n) is 3.73. The number of carbonyl (C=O) groups is 1. The molecule has 1 aromatic heterocycles.